The van der Waals surface area contributed by atoms with Crippen LogP contribution in [0.15, 0.2) is 0 Å². The highest BCUT2D eigenvalue weighted by atomic mass is 19.4. The summed E-state index contributed by atoms with van der Waals surface area (Å²) in [5.74, 6) is -1.46. The smallest absolute Gasteiger partial charge is 0.383 e. The van der Waals surface area contributed by atoms with Gasteiger partial charge in [-0.1, -0.05) is 6.42 Å². The van der Waals surface area contributed by atoms with Gasteiger partial charge in [-0.15, -0.1) is 0 Å². The lowest BCUT2D eigenvalue weighted by Crippen LogP contribution is -2.43. The quantitative estimate of drug-likeness (QED) is 0.725. The van der Waals surface area contributed by atoms with E-state index in [-0.39, 0.29) is 31.3 Å². The first-order valence-corrected chi connectivity index (χ1v) is 6.49. The average molecular weight is 282 g/mol. The van der Waals surface area contributed by atoms with Crippen LogP contribution in [0.3, 0.4) is 0 Å². The highest BCUT2D eigenvalue weighted by Crippen LogP contribution is 2.37. The molecule has 0 heterocycles. The molecule has 0 aromatic carbocycles. The Morgan fingerprint density at radius 2 is 2.11 bits per heavy atom. The van der Waals surface area contributed by atoms with Crippen molar-refractivity contribution in [1.82, 2.24) is 10.6 Å². The highest BCUT2D eigenvalue weighted by Gasteiger charge is 2.42. The van der Waals surface area contributed by atoms with E-state index >= 15 is 0 Å². The molecule has 0 aromatic heterocycles. The standard InChI is InChI=1S/C12H21F3N2O2/c1-19-6-5-16-11(18)8-17-10-4-2-3-9(7-10)12(13,14)15/h9-10,17H,2-8H2,1H3,(H,16,18). The molecule has 0 bridgehead atoms. The van der Waals surface area contributed by atoms with Gasteiger partial charge in [0.25, 0.3) is 0 Å². The maximum absolute atomic E-state index is 12.6. The van der Waals surface area contributed by atoms with Gasteiger partial charge in [-0.2, -0.15) is 13.2 Å². The van der Waals surface area contributed by atoms with Gasteiger partial charge in [-0.25, -0.2) is 0 Å². The number of hydrogen-bond acceptors (Lipinski definition) is 3. The molecule has 0 spiro atoms. The first kappa shape index (κ1) is 16.2. The maximum atomic E-state index is 12.6. The molecule has 4 nitrogen and oxygen atoms in total. The monoisotopic (exact) mass is 282 g/mol. The van der Waals surface area contributed by atoms with E-state index in [2.05, 4.69) is 10.6 Å². The lowest BCUT2D eigenvalue weighted by atomic mass is 9.85. The number of amides is 1. The zero-order chi connectivity index (χ0) is 14.3. The van der Waals surface area contributed by atoms with Crippen LogP contribution in [0.5, 0.6) is 0 Å². The number of carbonyl (C=O) groups excluding carboxylic acids is 1. The fourth-order valence-corrected chi connectivity index (χ4v) is 2.26. The third-order valence-electron chi connectivity index (χ3n) is 3.32. The van der Waals surface area contributed by atoms with Crippen LogP contribution in [0.2, 0.25) is 0 Å². The minimum atomic E-state index is -4.12. The van der Waals surface area contributed by atoms with Gasteiger partial charge in [0.05, 0.1) is 19.1 Å². The molecule has 19 heavy (non-hydrogen) atoms. The summed E-state index contributed by atoms with van der Waals surface area (Å²) in [6, 6.07) is -0.228. The van der Waals surface area contributed by atoms with Crippen molar-refractivity contribution in [2.24, 2.45) is 5.92 Å². The highest BCUT2D eigenvalue weighted by molar-refractivity contribution is 5.77. The van der Waals surface area contributed by atoms with E-state index in [0.717, 1.165) is 0 Å². The van der Waals surface area contributed by atoms with Crippen LogP contribution in [0.4, 0.5) is 13.2 Å². The Kier molecular flexibility index (Phi) is 6.57. The number of ether oxygens (including phenoxy) is 1. The van der Waals surface area contributed by atoms with E-state index in [1.54, 1.807) is 0 Å². The molecule has 2 unspecified atom stereocenters. The Morgan fingerprint density at radius 1 is 1.37 bits per heavy atom. The predicted octanol–water partition coefficient (Wildman–Crippen LogP) is 1.46. The second kappa shape index (κ2) is 7.69. The fraction of sp³-hybridized carbons (Fsp3) is 0.917. The Balaban J connectivity index is 2.23. The number of rotatable bonds is 6. The summed E-state index contributed by atoms with van der Waals surface area (Å²) >= 11 is 0. The zero-order valence-electron chi connectivity index (χ0n) is 11.1. The number of nitrogens with one attached hydrogen (secondary N) is 2. The van der Waals surface area contributed by atoms with Crippen molar-refractivity contribution in [2.45, 2.75) is 37.9 Å². The molecule has 2 atom stereocenters. The van der Waals surface area contributed by atoms with Crippen molar-refractivity contribution in [1.29, 1.82) is 0 Å². The average Bonchev–Trinajstić information content (AvgIpc) is 2.36. The minimum absolute atomic E-state index is 0.0545. The second-order valence-electron chi connectivity index (χ2n) is 4.83. The molecule has 1 fully saturated rings. The number of carbonyl (C=O) groups is 1. The number of halogens is 3. The molecule has 1 rings (SSSR count). The van der Waals surface area contributed by atoms with E-state index < -0.39 is 12.1 Å². The molecule has 2 N–H and O–H groups in total. The van der Waals surface area contributed by atoms with Crippen molar-refractivity contribution in [3.63, 3.8) is 0 Å². The summed E-state index contributed by atoms with van der Waals surface area (Å²) in [4.78, 5) is 11.4. The minimum Gasteiger partial charge on any atom is -0.383 e. The number of hydrogen-bond donors (Lipinski definition) is 2. The van der Waals surface area contributed by atoms with Gasteiger partial charge in [0.15, 0.2) is 0 Å². The molecule has 1 amide bonds. The molecule has 0 saturated heterocycles. The topological polar surface area (TPSA) is 50.4 Å². The Hall–Kier alpha value is -0.820. The normalized spacial score (nSPS) is 24.2. The Morgan fingerprint density at radius 3 is 2.74 bits per heavy atom. The summed E-state index contributed by atoms with van der Waals surface area (Å²) in [5, 5.41) is 5.51. The summed E-state index contributed by atoms with van der Waals surface area (Å²) in [6.45, 7) is 0.886. The van der Waals surface area contributed by atoms with Crippen LogP contribution in [0.25, 0.3) is 0 Å². The number of alkyl halides is 3. The van der Waals surface area contributed by atoms with E-state index in [1.807, 2.05) is 0 Å². The van der Waals surface area contributed by atoms with Crippen molar-refractivity contribution >= 4 is 5.91 Å². The summed E-state index contributed by atoms with van der Waals surface area (Å²) < 4.78 is 42.6. The molecule has 0 aliphatic heterocycles. The largest absolute Gasteiger partial charge is 0.391 e. The van der Waals surface area contributed by atoms with Gasteiger partial charge >= 0.3 is 6.18 Å². The van der Waals surface area contributed by atoms with E-state index in [1.165, 1.54) is 7.11 Å². The molecule has 1 aliphatic rings. The predicted molar refractivity (Wildman–Crippen MR) is 64.7 cm³/mol. The van der Waals surface area contributed by atoms with Crippen molar-refractivity contribution < 1.29 is 22.7 Å². The van der Waals surface area contributed by atoms with Crippen LogP contribution >= 0.6 is 0 Å². The first-order valence-electron chi connectivity index (χ1n) is 6.49. The van der Waals surface area contributed by atoms with Gasteiger partial charge in [-0.3, -0.25) is 4.79 Å². The van der Waals surface area contributed by atoms with Crippen LogP contribution in [0.1, 0.15) is 25.7 Å². The summed E-state index contributed by atoms with van der Waals surface area (Å²) in [6.07, 6.45) is -2.62. The van der Waals surface area contributed by atoms with Crippen molar-refractivity contribution in [2.75, 3.05) is 26.8 Å². The Bertz CT molecular complexity index is 285. The summed E-state index contributed by atoms with van der Waals surface area (Å²) in [7, 11) is 1.53. The molecular weight excluding hydrogens is 261 g/mol. The van der Waals surface area contributed by atoms with E-state index in [4.69, 9.17) is 4.74 Å². The second-order valence-corrected chi connectivity index (χ2v) is 4.83. The lowest BCUT2D eigenvalue weighted by Gasteiger charge is -2.31. The van der Waals surface area contributed by atoms with Crippen LogP contribution < -0.4 is 10.6 Å². The Labute approximate surface area is 111 Å². The molecule has 0 aromatic rings. The maximum Gasteiger partial charge on any atom is 0.391 e. The molecule has 1 aliphatic carbocycles. The van der Waals surface area contributed by atoms with Crippen LogP contribution in [-0.4, -0.2) is 44.9 Å². The molecule has 112 valence electrons. The molecular formula is C12H21F3N2O2. The molecule has 7 heteroatoms. The van der Waals surface area contributed by atoms with Crippen LogP contribution in [0, 0.1) is 5.92 Å². The molecule has 0 radical (unpaired) electrons. The van der Waals surface area contributed by atoms with E-state index in [9.17, 15) is 18.0 Å². The number of methoxy groups -OCH3 is 1. The van der Waals surface area contributed by atoms with E-state index in [0.29, 0.717) is 26.0 Å². The van der Waals surface area contributed by atoms with Gasteiger partial charge in [0.1, 0.15) is 0 Å². The molecule has 1 saturated carbocycles. The summed E-state index contributed by atoms with van der Waals surface area (Å²) in [5.41, 5.74) is 0. The fourth-order valence-electron chi connectivity index (χ4n) is 2.26. The third kappa shape index (κ3) is 6.24. The van der Waals surface area contributed by atoms with Crippen molar-refractivity contribution in [3.05, 3.63) is 0 Å². The third-order valence-corrected chi connectivity index (χ3v) is 3.32. The SMILES string of the molecule is COCCNC(=O)CNC1CCCC(C(F)(F)F)C1. The van der Waals surface area contributed by atoms with Crippen molar-refractivity contribution in [3.8, 4) is 0 Å². The van der Waals surface area contributed by atoms with Gasteiger partial charge in [0, 0.05) is 19.7 Å². The van der Waals surface area contributed by atoms with Gasteiger partial charge in [0.2, 0.25) is 5.91 Å². The van der Waals surface area contributed by atoms with Gasteiger partial charge in [-0.05, 0) is 19.3 Å². The zero-order valence-corrected chi connectivity index (χ0v) is 11.1. The lowest BCUT2D eigenvalue weighted by molar-refractivity contribution is -0.183. The van der Waals surface area contributed by atoms with Crippen LogP contribution in [-0.2, 0) is 9.53 Å². The van der Waals surface area contributed by atoms with Gasteiger partial charge < -0.3 is 15.4 Å². The first-order chi connectivity index (χ1) is 8.93.